The van der Waals surface area contributed by atoms with Crippen LogP contribution in [0.1, 0.15) is 19.4 Å². The number of hydrogen-bond acceptors (Lipinski definition) is 5. The Morgan fingerprint density at radius 1 is 1.22 bits per heavy atom. The maximum Gasteiger partial charge on any atom is 0.265 e. The van der Waals surface area contributed by atoms with Crippen molar-refractivity contribution in [1.82, 2.24) is 9.71 Å². The van der Waals surface area contributed by atoms with E-state index in [2.05, 4.69) is 14.7 Å². The van der Waals surface area contributed by atoms with Gasteiger partial charge in [-0.05, 0) is 24.3 Å². The summed E-state index contributed by atoms with van der Waals surface area (Å²) in [5, 5.41) is 0.790. The first kappa shape index (κ1) is 16.3. The van der Waals surface area contributed by atoms with E-state index in [9.17, 15) is 8.42 Å². The van der Waals surface area contributed by atoms with Gasteiger partial charge in [-0.1, -0.05) is 25.4 Å². The second-order valence-corrected chi connectivity index (χ2v) is 8.90. The van der Waals surface area contributed by atoms with Crippen LogP contribution in [0.5, 0.6) is 0 Å². The Kier molecular flexibility index (Phi) is 4.35. The van der Waals surface area contributed by atoms with Crippen molar-refractivity contribution < 1.29 is 8.42 Å². The summed E-state index contributed by atoms with van der Waals surface area (Å²) < 4.78 is 27.6. The summed E-state index contributed by atoms with van der Waals surface area (Å²) in [6.07, 6.45) is 3.16. The van der Waals surface area contributed by atoms with Crippen LogP contribution < -0.4 is 4.72 Å². The summed E-state index contributed by atoms with van der Waals surface area (Å²) in [4.78, 5) is 9.19. The highest BCUT2D eigenvalue weighted by Gasteiger charge is 2.27. The maximum atomic E-state index is 12.5. The molecule has 1 N–H and O–H groups in total. The molecule has 0 amide bonds. The van der Waals surface area contributed by atoms with Crippen LogP contribution in [0.25, 0.3) is 0 Å². The Morgan fingerprint density at radius 3 is 2.57 bits per heavy atom. The van der Waals surface area contributed by atoms with Gasteiger partial charge in [-0.2, -0.15) is 0 Å². The van der Waals surface area contributed by atoms with Gasteiger partial charge in [0, 0.05) is 28.1 Å². The lowest BCUT2D eigenvalue weighted by molar-refractivity contribution is 0.591. The minimum absolute atomic E-state index is 0.142. The number of nitrogens with zero attached hydrogens (tertiary/aromatic N) is 2. The summed E-state index contributed by atoms with van der Waals surface area (Å²) in [6, 6.07) is 6.56. The minimum Gasteiger partial charge on any atom is -0.265 e. The SMILES string of the molecule is CC(C)Sc1cc2c(cc1Cl)N=C(c1ccncc1)NS2(=O)=O. The zero-order chi connectivity index (χ0) is 16.6. The molecular formula is C15H14ClN3O2S2. The first-order valence-electron chi connectivity index (χ1n) is 6.89. The van der Waals surface area contributed by atoms with Gasteiger partial charge in [0.25, 0.3) is 10.0 Å². The summed E-state index contributed by atoms with van der Waals surface area (Å²) >= 11 is 7.79. The van der Waals surface area contributed by atoms with Gasteiger partial charge in [0.1, 0.15) is 10.7 Å². The van der Waals surface area contributed by atoms with Crippen molar-refractivity contribution in [1.29, 1.82) is 0 Å². The van der Waals surface area contributed by atoms with E-state index >= 15 is 0 Å². The van der Waals surface area contributed by atoms with Crippen LogP contribution in [0.15, 0.2) is 51.4 Å². The molecule has 5 nitrogen and oxygen atoms in total. The lowest BCUT2D eigenvalue weighted by Gasteiger charge is -2.19. The summed E-state index contributed by atoms with van der Waals surface area (Å²) in [7, 11) is -3.69. The predicted octanol–water partition coefficient (Wildman–Crippen LogP) is 3.61. The molecule has 3 rings (SSSR count). The molecule has 1 aromatic heterocycles. The number of pyridine rings is 1. The fourth-order valence-corrected chi connectivity index (χ4v) is 4.54. The number of aliphatic imine (C=N–C) groups is 1. The van der Waals surface area contributed by atoms with E-state index < -0.39 is 10.0 Å². The molecule has 1 aliphatic heterocycles. The average molecular weight is 368 g/mol. The number of sulfonamides is 1. The van der Waals surface area contributed by atoms with Gasteiger partial charge in [0.15, 0.2) is 0 Å². The van der Waals surface area contributed by atoms with Crippen LogP contribution in [-0.2, 0) is 10.0 Å². The van der Waals surface area contributed by atoms with Gasteiger partial charge in [0.2, 0.25) is 0 Å². The van der Waals surface area contributed by atoms with Crippen LogP contribution in [0.4, 0.5) is 5.69 Å². The van der Waals surface area contributed by atoms with E-state index in [0.29, 0.717) is 21.5 Å². The molecule has 0 fully saturated rings. The summed E-state index contributed by atoms with van der Waals surface area (Å²) in [5.74, 6) is 0.264. The monoisotopic (exact) mass is 367 g/mol. The molecule has 0 saturated carbocycles. The van der Waals surface area contributed by atoms with Crippen molar-refractivity contribution in [3.63, 3.8) is 0 Å². The minimum atomic E-state index is -3.69. The Bertz CT molecular complexity index is 881. The third-order valence-corrected chi connectivity index (χ3v) is 5.94. The van der Waals surface area contributed by atoms with Crippen LogP contribution >= 0.6 is 23.4 Å². The lowest BCUT2D eigenvalue weighted by atomic mass is 10.2. The normalized spacial score (nSPS) is 15.7. The van der Waals surface area contributed by atoms with Crippen LogP contribution in [-0.4, -0.2) is 24.5 Å². The Labute approximate surface area is 144 Å². The fourth-order valence-electron chi connectivity index (χ4n) is 2.13. The van der Waals surface area contributed by atoms with Crippen molar-refractivity contribution >= 4 is 44.9 Å². The molecule has 0 saturated heterocycles. The van der Waals surface area contributed by atoms with E-state index in [1.54, 1.807) is 36.7 Å². The number of nitrogens with one attached hydrogen (secondary N) is 1. The molecule has 2 heterocycles. The second-order valence-electron chi connectivity index (χ2n) is 5.22. The van der Waals surface area contributed by atoms with Gasteiger partial charge in [-0.3, -0.25) is 9.71 Å². The van der Waals surface area contributed by atoms with Gasteiger partial charge in [0.05, 0.1) is 10.7 Å². The highest BCUT2D eigenvalue weighted by Crippen LogP contribution is 2.39. The molecule has 0 aliphatic carbocycles. The van der Waals surface area contributed by atoms with Crippen LogP contribution in [0, 0.1) is 0 Å². The van der Waals surface area contributed by atoms with Gasteiger partial charge in [-0.25, -0.2) is 13.4 Å². The molecule has 0 atom stereocenters. The molecule has 0 unspecified atom stereocenters. The number of aromatic nitrogens is 1. The number of amidine groups is 1. The predicted molar refractivity (Wildman–Crippen MR) is 93.2 cm³/mol. The number of thioether (sulfide) groups is 1. The van der Waals surface area contributed by atoms with E-state index in [0.717, 1.165) is 4.90 Å². The number of fused-ring (bicyclic) bond motifs is 1. The van der Waals surface area contributed by atoms with Gasteiger partial charge < -0.3 is 0 Å². The lowest BCUT2D eigenvalue weighted by Crippen LogP contribution is -2.34. The van der Waals surface area contributed by atoms with Crippen molar-refractivity contribution in [3.05, 3.63) is 47.2 Å². The molecule has 2 aromatic rings. The topological polar surface area (TPSA) is 71.4 Å². The third-order valence-electron chi connectivity index (χ3n) is 3.08. The first-order valence-corrected chi connectivity index (χ1v) is 9.63. The highest BCUT2D eigenvalue weighted by atomic mass is 35.5. The largest absolute Gasteiger partial charge is 0.265 e. The quantitative estimate of drug-likeness (QED) is 0.841. The molecule has 8 heteroatoms. The van der Waals surface area contributed by atoms with Crippen LogP contribution in [0.2, 0.25) is 5.02 Å². The van der Waals surface area contributed by atoms with E-state index in [1.807, 2.05) is 13.8 Å². The summed E-state index contributed by atoms with van der Waals surface area (Å²) in [6.45, 7) is 4.04. The van der Waals surface area contributed by atoms with Crippen molar-refractivity contribution in [3.8, 4) is 0 Å². The van der Waals surface area contributed by atoms with Gasteiger partial charge >= 0.3 is 0 Å². The molecule has 120 valence electrons. The standard InChI is InChI=1S/C15H14ClN3O2S2/c1-9(2)22-13-8-14-12(7-11(13)16)18-15(19-23(14,20)21)10-3-5-17-6-4-10/h3-9H,1-2H3,(H,18,19). The Balaban J connectivity index is 2.14. The highest BCUT2D eigenvalue weighted by molar-refractivity contribution is 8.00. The van der Waals surface area contributed by atoms with E-state index in [-0.39, 0.29) is 10.7 Å². The molecule has 0 bridgehead atoms. The number of hydrogen-bond donors (Lipinski definition) is 1. The molecule has 23 heavy (non-hydrogen) atoms. The smallest absolute Gasteiger partial charge is 0.265 e. The van der Waals surface area contributed by atoms with Crippen LogP contribution in [0.3, 0.4) is 0 Å². The number of benzene rings is 1. The number of rotatable bonds is 3. The molecule has 0 radical (unpaired) electrons. The van der Waals surface area contributed by atoms with Crippen molar-refractivity contribution in [2.24, 2.45) is 4.99 Å². The zero-order valence-electron chi connectivity index (χ0n) is 12.4. The summed E-state index contributed by atoms with van der Waals surface area (Å²) in [5.41, 5.74) is 0.986. The third kappa shape index (κ3) is 3.36. The van der Waals surface area contributed by atoms with E-state index in [1.165, 1.54) is 11.8 Å². The number of halogens is 1. The molecule has 1 aliphatic rings. The first-order chi connectivity index (χ1) is 10.9. The van der Waals surface area contributed by atoms with E-state index in [4.69, 9.17) is 11.6 Å². The Morgan fingerprint density at radius 2 is 1.91 bits per heavy atom. The van der Waals surface area contributed by atoms with Crippen molar-refractivity contribution in [2.45, 2.75) is 28.9 Å². The molecule has 0 spiro atoms. The van der Waals surface area contributed by atoms with Gasteiger partial charge in [-0.15, -0.1) is 11.8 Å². The maximum absolute atomic E-state index is 12.5. The average Bonchev–Trinajstić information content (AvgIpc) is 2.48. The Hall–Kier alpha value is -1.57. The molecule has 1 aromatic carbocycles. The van der Waals surface area contributed by atoms with Crippen molar-refractivity contribution in [2.75, 3.05) is 0 Å². The molecular weight excluding hydrogens is 354 g/mol. The second kappa shape index (κ2) is 6.14. The fraction of sp³-hybridized carbons (Fsp3) is 0.200. The zero-order valence-corrected chi connectivity index (χ0v) is 14.8.